The number of amides is 1. The first-order chi connectivity index (χ1) is 14.1. The summed E-state index contributed by atoms with van der Waals surface area (Å²) < 4.78 is 0. The van der Waals surface area contributed by atoms with Crippen molar-refractivity contribution in [1.29, 1.82) is 0 Å². The molecule has 2 aromatic rings. The second-order valence-electron chi connectivity index (χ2n) is 6.79. The molecule has 0 aromatic heterocycles. The van der Waals surface area contributed by atoms with Crippen LogP contribution in [0.3, 0.4) is 0 Å². The van der Waals surface area contributed by atoms with Gasteiger partial charge in [-0.15, -0.1) is 24.0 Å². The highest BCUT2D eigenvalue weighted by Crippen LogP contribution is 2.14. The number of halogens is 1. The zero-order valence-corrected chi connectivity index (χ0v) is 20.1. The SMILES string of the molecule is CCCNC(=O)c1cccc(CN=C(NCC)NCCC(O)c2ccccc2)c1.I. The number of guanidine groups is 1. The molecule has 0 spiro atoms. The van der Waals surface area contributed by atoms with Crippen LogP contribution in [-0.2, 0) is 6.54 Å². The van der Waals surface area contributed by atoms with Gasteiger partial charge in [0.2, 0.25) is 0 Å². The van der Waals surface area contributed by atoms with Crippen LogP contribution < -0.4 is 16.0 Å². The van der Waals surface area contributed by atoms with Crippen molar-refractivity contribution >= 4 is 35.8 Å². The Bertz CT molecular complexity index is 784. The van der Waals surface area contributed by atoms with Crippen molar-refractivity contribution in [2.75, 3.05) is 19.6 Å². The molecule has 1 amide bonds. The van der Waals surface area contributed by atoms with Crippen LogP contribution in [0.4, 0.5) is 0 Å². The van der Waals surface area contributed by atoms with Gasteiger partial charge >= 0.3 is 0 Å². The Balaban J connectivity index is 0.00000450. The number of rotatable bonds is 10. The molecular weight excluding hydrogens is 491 g/mol. The van der Waals surface area contributed by atoms with Crippen molar-refractivity contribution in [2.24, 2.45) is 4.99 Å². The largest absolute Gasteiger partial charge is 0.388 e. The molecule has 0 bridgehead atoms. The van der Waals surface area contributed by atoms with Gasteiger partial charge in [0.1, 0.15) is 0 Å². The van der Waals surface area contributed by atoms with Crippen LogP contribution in [0, 0.1) is 0 Å². The maximum Gasteiger partial charge on any atom is 0.251 e. The lowest BCUT2D eigenvalue weighted by molar-refractivity contribution is 0.0953. The molecule has 7 heteroatoms. The van der Waals surface area contributed by atoms with Gasteiger partial charge in [0.25, 0.3) is 5.91 Å². The van der Waals surface area contributed by atoms with E-state index in [0.717, 1.165) is 24.1 Å². The molecule has 0 aliphatic rings. The number of aliphatic hydroxyl groups is 1. The first-order valence-corrected chi connectivity index (χ1v) is 10.3. The molecule has 0 saturated carbocycles. The number of carbonyl (C=O) groups is 1. The molecule has 1 unspecified atom stereocenters. The Morgan fingerprint density at radius 1 is 1.00 bits per heavy atom. The number of benzene rings is 2. The highest BCUT2D eigenvalue weighted by molar-refractivity contribution is 14.0. The van der Waals surface area contributed by atoms with Crippen LogP contribution in [0.2, 0.25) is 0 Å². The van der Waals surface area contributed by atoms with E-state index in [-0.39, 0.29) is 29.9 Å². The van der Waals surface area contributed by atoms with E-state index < -0.39 is 6.10 Å². The fraction of sp³-hybridized carbons (Fsp3) is 0.391. The molecule has 0 saturated heterocycles. The van der Waals surface area contributed by atoms with Crippen molar-refractivity contribution in [2.45, 2.75) is 39.3 Å². The predicted octanol–water partition coefficient (Wildman–Crippen LogP) is 3.62. The molecule has 6 nitrogen and oxygen atoms in total. The minimum Gasteiger partial charge on any atom is -0.388 e. The van der Waals surface area contributed by atoms with E-state index in [9.17, 15) is 9.90 Å². The minimum absolute atomic E-state index is 0. The molecule has 2 aromatic carbocycles. The zero-order chi connectivity index (χ0) is 20.9. The highest BCUT2D eigenvalue weighted by Gasteiger charge is 2.08. The maximum atomic E-state index is 12.1. The van der Waals surface area contributed by atoms with Crippen molar-refractivity contribution in [3.8, 4) is 0 Å². The van der Waals surface area contributed by atoms with Crippen LogP contribution in [0.25, 0.3) is 0 Å². The van der Waals surface area contributed by atoms with Crippen LogP contribution in [0.15, 0.2) is 59.6 Å². The smallest absolute Gasteiger partial charge is 0.251 e. The third-order valence-corrected chi connectivity index (χ3v) is 4.38. The first-order valence-electron chi connectivity index (χ1n) is 10.3. The molecule has 0 fully saturated rings. The quantitative estimate of drug-likeness (QED) is 0.217. The van der Waals surface area contributed by atoms with E-state index in [1.165, 1.54) is 0 Å². The number of aliphatic hydroxyl groups excluding tert-OH is 1. The third-order valence-electron chi connectivity index (χ3n) is 4.38. The Morgan fingerprint density at radius 2 is 1.77 bits per heavy atom. The highest BCUT2D eigenvalue weighted by atomic mass is 127. The number of nitrogens with zero attached hydrogens (tertiary/aromatic N) is 1. The topological polar surface area (TPSA) is 85.8 Å². The standard InChI is InChI=1S/C23H32N4O2.HI/c1-3-14-25-22(29)20-12-8-9-18(16-20)17-27-23(24-4-2)26-15-13-21(28)19-10-6-5-7-11-19;/h5-12,16,21,28H,3-4,13-15,17H2,1-2H3,(H,25,29)(H2,24,26,27);1H. The van der Waals surface area contributed by atoms with E-state index in [4.69, 9.17) is 0 Å². The van der Waals surface area contributed by atoms with Crippen molar-refractivity contribution in [3.05, 3.63) is 71.3 Å². The van der Waals surface area contributed by atoms with Crippen LogP contribution in [0.5, 0.6) is 0 Å². The summed E-state index contributed by atoms with van der Waals surface area (Å²) in [6.07, 6.45) is 0.985. The van der Waals surface area contributed by atoms with Gasteiger partial charge in [0, 0.05) is 25.2 Å². The van der Waals surface area contributed by atoms with E-state index in [0.29, 0.717) is 37.6 Å². The van der Waals surface area contributed by atoms with E-state index in [1.807, 2.05) is 68.4 Å². The minimum atomic E-state index is -0.509. The molecule has 0 radical (unpaired) electrons. The van der Waals surface area contributed by atoms with E-state index >= 15 is 0 Å². The van der Waals surface area contributed by atoms with Crippen molar-refractivity contribution < 1.29 is 9.90 Å². The Kier molecular flexibility index (Phi) is 12.8. The summed E-state index contributed by atoms with van der Waals surface area (Å²) in [4.78, 5) is 16.7. The second-order valence-corrected chi connectivity index (χ2v) is 6.79. The van der Waals surface area contributed by atoms with Crippen molar-refractivity contribution in [1.82, 2.24) is 16.0 Å². The number of nitrogens with one attached hydrogen (secondary N) is 3. The molecule has 2 rings (SSSR count). The third kappa shape index (κ3) is 9.13. The number of carbonyl (C=O) groups excluding carboxylic acids is 1. The van der Waals surface area contributed by atoms with Crippen molar-refractivity contribution in [3.63, 3.8) is 0 Å². The Hall–Kier alpha value is -2.13. The summed E-state index contributed by atoms with van der Waals surface area (Å²) in [6, 6.07) is 17.2. The summed E-state index contributed by atoms with van der Waals surface area (Å²) in [5.74, 6) is 0.631. The van der Waals surface area contributed by atoms with Crippen LogP contribution >= 0.6 is 24.0 Å². The summed E-state index contributed by atoms with van der Waals surface area (Å²) in [6.45, 7) is 6.51. The van der Waals surface area contributed by atoms with Gasteiger partial charge in [0.05, 0.1) is 12.6 Å². The first kappa shape index (κ1) is 25.9. The lowest BCUT2D eigenvalue weighted by Gasteiger charge is -2.14. The number of hydrogen-bond donors (Lipinski definition) is 4. The summed E-state index contributed by atoms with van der Waals surface area (Å²) in [7, 11) is 0. The fourth-order valence-electron chi connectivity index (χ4n) is 2.83. The Labute approximate surface area is 196 Å². The summed E-state index contributed by atoms with van der Waals surface area (Å²) in [5, 5.41) is 19.6. The second kappa shape index (κ2) is 14.8. The molecule has 0 aliphatic heterocycles. The molecule has 0 heterocycles. The van der Waals surface area contributed by atoms with E-state index in [2.05, 4.69) is 20.9 Å². The average molecular weight is 524 g/mol. The number of aliphatic imine (C=N–C) groups is 1. The van der Waals surface area contributed by atoms with E-state index in [1.54, 1.807) is 0 Å². The molecule has 30 heavy (non-hydrogen) atoms. The lowest BCUT2D eigenvalue weighted by Crippen LogP contribution is -2.38. The van der Waals surface area contributed by atoms with Gasteiger partial charge in [-0.05, 0) is 43.0 Å². The summed E-state index contributed by atoms with van der Waals surface area (Å²) in [5.41, 5.74) is 2.53. The van der Waals surface area contributed by atoms with Gasteiger partial charge < -0.3 is 21.1 Å². The van der Waals surface area contributed by atoms with Gasteiger partial charge in [-0.2, -0.15) is 0 Å². The molecule has 0 aliphatic carbocycles. The van der Waals surface area contributed by atoms with Gasteiger partial charge in [-0.25, -0.2) is 4.99 Å². The van der Waals surface area contributed by atoms with Gasteiger partial charge in [-0.1, -0.05) is 49.4 Å². The normalized spacial score (nSPS) is 11.9. The number of hydrogen-bond acceptors (Lipinski definition) is 3. The monoisotopic (exact) mass is 524 g/mol. The molecular formula is C23H33IN4O2. The summed E-state index contributed by atoms with van der Waals surface area (Å²) >= 11 is 0. The Morgan fingerprint density at radius 3 is 2.47 bits per heavy atom. The van der Waals surface area contributed by atoms with Crippen LogP contribution in [0.1, 0.15) is 54.3 Å². The molecule has 1 atom stereocenters. The average Bonchev–Trinajstić information content (AvgIpc) is 2.76. The van der Waals surface area contributed by atoms with Gasteiger partial charge in [0.15, 0.2) is 5.96 Å². The molecule has 4 N–H and O–H groups in total. The predicted molar refractivity (Wildman–Crippen MR) is 133 cm³/mol. The molecule has 164 valence electrons. The van der Waals surface area contributed by atoms with Crippen LogP contribution in [-0.4, -0.2) is 36.6 Å². The maximum absolute atomic E-state index is 12.1. The zero-order valence-electron chi connectivity index (χ0n) is 17.7. The fourth-order valence-corrected chi connectivity index (χ4v) is 2.83. The lowest BCUT2D eigenvalue weighted by atomic mass is 10.1. The van der Waals surface area contributed by atoms with Gasteiger partial charge in [-0.3, -0.25) is 4.79 Å².